The standard InChI is InChI=1S/C31H39N7O/c1-21(2)27-16-23(17-29-35-36-30(39-29)18-24-19-34-28-8-5-4-7-26(24)28)22(3)15-25(27)20-37-11-13-38(14-12-37)31-32-9-6-10-33-31/h4-10,15,19,21,23,25,27,34H,11-14,16-18,20H2,1-3H3. The fourth-order valence-electron chi connectivity index (χ4n) is 6.46. The molecule has 3 aromatic heterocycles. The largest absolute Gasteiger partial charge is 0.425 e. The van der Waals surface area contributed by atoms with Crippen LogP contribution in [0.15, 0.2) is 65.0 Å². The number of nitrogens with zero attached hydrogens (tertiary/aromatic N) is 6. The van der Waals surface area contributed by atoms with Crippen molar-refractivity contribution in [2.24, 2.45) is 23.7 Å². The van der Waals surface area contributed by atoms with E-state index in [0.29, 0.717) is 36.0 Å². The predicted molar refractivity (Wildman–Crippen MR) is 153 cm³/mol. The van der Waals surface area contributed by atoms with Gasteiger partial charge in [0.25, 0.3) is 0 Å². The van der Waals surface area contributed by atoms with Crippen molar-refractivity contribution >= 4 is 16.9 Å². The first-order valence-electron chi connectivity index (χ1n) is 14.3. The Morgan fingerprint density at radius 3 is 2.56 bits per heavy atom. The second kappa shape index (κ2) is 11.3. The maximum absolute atomic E-state index is 6.16. The topological polar surface area (TPSA) is 87.0 Å². The van der Waals surface area contributed by atoms with E-state index < -0.39 is 0 Å². The Hall–Kier alpha value is -3.52. The molecule has 4 aromatic rings. The van der Waals surface area contributed by atoms with Crippen LogP contribution in [0.4, 0.5) is 5.95 Å². The molecule has 39 heavy (non-hydrogen) atoms. The molecule has 1 aliphatic heterocycles. The molecule has 1 aliphatic carbocycles. The monoisotopic (exact) mass is 525 g/mol. The smallest absolute Gasteiger partial charge is 0.225 e. The zero-order valence-corrected chi connectivity index (χ0v) is 23.3. The first-order chi connectivity index (χ1) is 19.0. The summed E-state index contributed by atoms with van der Waals surface area (Å²) in [7, 11) is 0. The number of H-pyrrole nitrogens is 1. The Bertz CT molecular complexity index is 1400. The first-order valence-corrected chi connectivity index (χ1v) is 14.3. The normalized spacial score (nSPS) is 22.5. The van der Waals surface area contributed by atoms with Gasteiger partial charge in [0.15, 0.2) is 0 Å². The second-order valence-corrected chi connectivity index (χ2v) is 11.6. The zero-order valence-electron chi connectivity index (χ0n) is 23.3. The van der Waals surface area contributed by atoms with E-state index in [9.17, 15) is 0 Å². The molecule has 1 N–H and O–H groups in total. The summed E-state index contributed by atoms with van der Waals surface area (Å²) in [6, 6.07) is 10.2. The molecule has 3 atom stereocenters. The van der Waals surface area contributed by atoms with E-state index in [-0.39, 0.29) is 0 Å². The highest BCUT2D eigenvalue weighted by Crippen LogP contribution is 2.39. The lowest BCUT2D eigenvalue weighted by Crippen LogP contribution is -2.49. The Balaban J connectivity index is 1.08. The molecule has 0 saturated carbocycles. The number of hydrogen-bond donors (Lipinski definition) is 1. The molecule has 1 saturated heterocycles. The average Bonchev–Trinajstić information content (AvgIpc) is 3.58. The Kier molecular flexibility index (Phi) is 7.46. The van der Waals surface area contributed by atoms with E-state index in [1.54, 1.807) is 0 Å². The van der Waals surface area contributed by atoms with Gasteiger partial charge >= 0.3 is 0 Å². The lowest BCUT2D eigenvalue weighted by molar-refractivity contribution is 0.154. The van der Waals surface area contributed by atoms with Crippen LogP contribution < -0.4 is 4.90 Å². The summed E-state index contributed by atoms with van der Waals surface area (Å²) in [4.78, 5) is 17.1. The molecule has 204 valence electrons. The van der Waals surface area contributed by atoms with Crippen LogP contribution in [-0.2, 0) is 12.8 Å². The fraction of sp³-hybridized carbons (Fsp3) is 0.484. The van der Waals surface area contributed by atoms with Crippen molar-refractivity contribution in [2.45, 2.75) is 40.0 Å². The van der Waals surface area contributed by atoms with Crippen molar-refractivity contribution in [1.82, 2.24) is 30.0 Å². The molecule has 0 radical (unpaired) electrons. The molecule has 0 spiro atoms. The van der Waals surface area contributed by atoms with Gasteiger partial charge in [0.2, 0.25) is 17.7 Å². The molecule has 8 nitrogen and oxygen atoms in total. The highest BCUT2D eigenvalue weighted by molar-refractivity contribution is 5.83. The predicted octanol–water partition coefficient (Wildman–Crippen LogP) is 5.15. The van der Waals surface area contributed by atoms with Crippen molar-refractivity contribution in [3.05, 3.63) is 77.9 Å². The van der Waals surface area contributed by atoms with Gasteiger partial charge in [-0.1, -0.05) is 43.7 Å². The summed E-state index contributed by atoms with van der Waals surface area (Å²) >= 11 is 0. The van der Waals surface area contributed by atoms with Gasteiger partial charge in [-0.15, -0.1) is 10.2 Å². The van der Waals surface area contributed by atoms with Crippen LogP contribution in [-0.4, -0.2) is 62.8 Å². The molecule has 6 rings (SSSR count). The van der Waals surface area contributed by atoms with Crippen molar-refractivity contribution in [3.8, 4) is 0 Å². The first kappa shape index (κ1) is 25.7. The third kappa shape index (κ3) is 5.76. The lowest BCUT2D eigenvalue weighted by Gasteiger charge is -2.41. The van der Waals surface area contributed by atoms with Gasteiger partial charge in [0, 0.05) is 68.6 Å². The van der Waals surface area contributed by atoms with E-state index in [1.165, 1.54) is 22.9 Å². The molecule has 4 heterocycles. The van der Waals surface area contributed by atoms with Crippen LogP contribution in [0.25, 0.3) is 10.9 Å². The number of nitrogens with one attached hydrogen (secondary N) is 1. The molecule has 0 amide bonds. The molecular weight excluding hydrogens is 486 g/mol. The minimum atomic E-state index is 0.446. The number of fused-ring (bicyclic) bond motifs is 1. The summed E-state index contributed by atoms with van der Waals surface area (Å²) in [6.07, 6.45) is 10.9. The third-order valence-corrected chi connectivity index (χ3v) is 8.71. The number of para-hydroxylation sites is 1. The van der Waals surface area contributed by atoms with E-state index in [0.717, 1.165) is 56.5 Å². The second-order valence-electron chi connectivity index (χ2n) is 11.6. The summed E-state index contributed by atoms with van der Waals surface area (Å²) < 4.78 is 6.16. The highest BCUT2D eigenvalue weighted by atomic mass is 16.4. The Morgan fingerprint density at radius 2 is 1.77 bits per heavy atom. The van der Waals surface area contributed by atoms with Gasteiger partial charge in [-0.25, -0.2) is 9.97 Å². The van der Waals surface area contributed by atoms with E-state index >= 15 is 0 Å². The van der Waals surface area contributed by atoms with Gasteiger partial charge in [-0.2, -0.15) is 0 Å². The van der Waals surface area contributed by atoms with Gasteiger partial charge in [-0.05, 0) is 54.7 Å². The van der Waals surface area contributed by atoms with Crippen molar-refractivity contribution in [2.75, 3.05) is 37.6 Å². The molecular formula is C31H39N7O. The van der Waals surface area contributed by atoms with E-state index in [4.69, 9.17) is 4.42 Å². The molecule has 2 aliphatic rings. The highest BCUT2D eigenvalue weighted by Gasteiger charge is 2.34. The minimum absolute atomic E-state index is 0.446. The van der Waals surface area contributed by atoms with Crippen LogP contribution in [0.2, 0.25) is 0 Å². The molecule has 1 aromatic carbocycles. The van der Waals surface area contributed by atoms with Gasteiger partial charge in [0.05, 0.1) is 6.42 Å². The third-order valence-electron chi connectivity index (χ3n) is 8.71. The van der Waals surface area contributed by atoms with Gasteiger partial charge in [-0.3, -0.25) is 4.90 Å². The maximum atomic E-state index is 6.16. The van der Waals surface area contributed by atoms with Crippen molar-refractivity contribution < 1.29 is 4.42 Å². The number of aromatic amines is 1. The molecule has 8 heteroatoms. The van der Waals surface area contributed by atoms with Crippen molar-refractivity contribution in [1.29, 1.82) is 0 Å². The number of allylic oxidation sites excluding steroid dienone is 1. The summed E-state index contributed by atoms with van der Waals surface area (Å²) in [5, 5.41) is 10.0. The van der Waals surface area contributed by atoms with Gasteiger partial charge < -0.3 is 14.3 Å². The number of hydrogen-bond acceptors (Lipinski definition) is 7. The number of aromatic nitrogens is 5. The Morgan fingerprint density at radius 1 is 1.00 bits per heavy atom. The Labute approximate surface area is 230 Å². The van der Waals surface area contributed by atoms with E-state index in [2.05, 4.69) is 80.0 Å². The SMILES string of the molecule is CC1=CC(CN2CCN(c3ncccn3)CC2)C(C(C)C)CC1Cc1nnc(Cc2c[nH]c3ccccc23)o1. The molecule has 3 unspecified atom stereocenters. The molecule has 1 fully saturated rings. The summed E-state index contributed by atoms with van der Waals surface area (Å²) in [6.45, 7) is 12.2. The number of benzene rings is 1. The van der Waals surface area contributed by atoms with Gasteiger partial charge in [0.1, 0.15) is 0 Å². The number of piperazine rings is 1. The molecule has 0 bridgehead atoms. The zero-order chi connectivity index (χ0) is 26.8. The van der Waals surface area contributed by atoms with Crippen LogP contribution in [0.3, 0.4) is 0 Å². The summed E-state index contributed by atoms with van der Waals surface area (Å²) in [5.41, 5.74) is 3.79. The quantitative estimate of drug-likeness (QED) is 0.318. The summed E-state index contributed by atoms with van der Waals surface area (Å²) in [5.74, 6) is 4.57. The van der Waals surface area contributed by atoms with Crippen LogP contribution in [0.1, 0.15) is 44.5 Å². The lowest BCUT2D eigenvalue weighted by atomic mass is 9.69. The maximum Gasteiger partial charge on any atom is 0.225 e. The average molecular weight is 526 g/mol. The number of rotatable bonds is 8. The van der Waals surface area contributed by atoms with Crippen molar-refractivity contribution in [3.63, 3.8) is 0 Å². The fourth-order valence-corrected chi connectivity index (χ4v) is 6.46. The minimum Gasteiger partial charge on any atom is -0.425 e. The van der Waals surface area contributed by atoms with E-state index in [1.807, 2.05) is 30.7 Å². The van der Waals surface area contributed by atoms with Crippen LogP contribution in [0, 0.1) is 23.7 Å². The van der Waals surface area contributed by atoms with Crippen LogP contribution in [0.5, 0.6) is 0 Å². The van der Waals surface area contributed by atoms with Crippen LogP contribution >= 0.6 is 0 Å². The number of anilines is 1.